The number of halogens is 7. The second kappa shape index (κ2) is 2.28. The maximum atomic E-state index is 11.1. The quantitative estimate of drug-likeness (QED) is 0.386. The average Bonchev–Trinajstić information content (AvgIpc) is 1.59. The lowest BCUT2D eigenvalue weighted by molar-refractivity contribution is -0.233. The average molecular weight is 169 g/mol. The Balaban J connectivity index is 4.23. The third-order valence-electron chi connectivity index (χ3n) is 0.498. The highest BCUT2D eigenvalue weighted by Crippen LogP contribution is 2.41. The molecule has 0 rings (SSSR count). The van der Waals surface area contributed by atoms with Gasteiger partial charge in [0.1, 0.15) is 0 Å². The maximum absolute atomic E-state index is 11.1. The van der Waals surface area contributed by atoms with Gasteiger partial charge in [-0.25, -0.2) is 26.3 Å². The Labute approximate surface area is 50.6 Å². The first-order valence-electron chi connectivity index (χ1n) is 1.82. The van der Waals surface area contributed by atoms with E-state index < -0.39 is 18.5 Å². The molecule has 0 fully saturated rings. The van der Waals surface area contributed by atoms with E-state index in [0.29, 0.717) is 0 Å². The van der Waals surface area contributed by atoms with E-state index in [0.717, 1.165) is 0 Å². The van der Waals surface area contributed by atoms with E-state index in [1.165, 1.54) is 0 Å². The van der Waals surface area contributed by atoms with Gasteiger partial charge in [-0.05, 0) is 0 Å². The van der Waals surface area contributed by atoms with Gasteiger partial charge in [0.15, 0.2) is 0 Å². The molecule has 0 saturated heterocycles. The summed E-state index contributed by atoms with van der Waals surface area (Å²) in [7, 11) is 0. The topological polar surface area (TPSA) is 0 Å². The van der Waals surface area contributed by atoms with Crippen molar-refractivity contribution in [1.29, 1.82) is 0 Å². The van der Waals surface area contributed by atoms with Crippen molar-refractivity contribution in [1.82, 2.24) is 0 Å². The standard InChI is InChI=1S/C3F7/c4-1(2(5,6)7)3(8,9)10/q-1. The summed E-state index contributed by atoms with van der Waals surface area (Å²) in [6, 6.07) is 0. The summed E-state index contributed by atoms with van der Waals surface area (Å²) in [4.78, 5) is 0. The molecule has 0 N–H and O–H groups in total. The molecule has 0 nitrogen and oxygen atoms in total. The second-order valence-electron chi connectivity index (χ2n) is 1.31. The maximum Gasteiger partial charge on any atom is 0.307 e. The molecule has 0 radical (unpaired) electrons. The zero-order valence-corrected chi connectivity index (χ0v) is 4.15. The fraction of sp³-hybridized carbons (Fsp3) is 0.667. The molecular formula is C3F7-. The molecule has 0 bridgehead atoms. The minimum Gasteiger partial charge on any atom is -0.438 e. The van der Waals surface area contributed by atoms with E-state index in [9.17, 15) is 30.7 Å². The molecule has 0 spiro atoms. The van der Waals surface area contributed by atoms with Crippen LogP contribution in [0.1, 0.15) is 0 Å². The molecule has 0 saturated carbocycles. The van der Waals surface area contributed by atoms with Crippen LogP contribution in [0.5, 0.6) is 0 Å². The van der Waals surface area contributed by atoms with Gasteiger partial charge in [0, 0.05) is 6.17 Å². The molecule has 0 amide bonds. The SMILES string of the molecule is F[C-](C(F)(F)F)C(F)(F)F. The van der Waals surface area contributed by atoms with Gasteiger partial charge in [0.05, 0.1) is 0 Å². The second-order valence-corrected chi connectivity index (χ2v) is 1.31. The predicted octanol–water partition coefficient (Wildman–Crippen LogP) is 2.61. The van der Waals surface area contributed by atoms with Crippen molar-refractivity contribution in [2.45, 2.75) is 12.4 Å². The van der Waals surface area contributed by atoms with Crippen LogP contribution < -0.4 is 0 Å². The van der Waals surface area contributed by atoms with E-state index >= 15 is 0 Å². The molecule has 0 heterocycles. The monoisotopic (exact) mass is 169 g/mol. The summed E-state index contributed by atoms with van der Waals surface area (Å²) in [6.45, 7) is 0. The van der Waals surface area contributed by atoms with Crippen molar-refractivity contribution in [3.05, 3.63) is 6.17 Å². The Morgan fingerprint density at radius 2 is 0.900 bits per heavy atom. The summed E-state index contributed by atoms with van der Waals surface area (Å²) in [5.41, 5.74) is 0. The number of hydrogen-bond acceptors (Lipinski definition) is 0. The van der Waals surface area contributed by atoms with Crippen molar-refractivity contribution in [3.8, 4) is 0 Å². The molecular weight excluding hydrogens is 169 g/mol. The van der Waals surface area contributed by atoms with Gasteiger partial charge >= 0.3 is 12.4 Å². The summed E-state index contributed by atoms with van der Waals surface area (Å²) >= 11 is 0. The van der Waals surface area contributed by atoms with E-state index in [1.807, 2.05) is 0 Å². The van der Waals surface area contributed by atoms with Crippen LogP contribution in [0.3, 0.4) is 0 Å². The van der Waals surface area contributed by atoms with Gasteiger partial charge in [-0.3, -0.25) is 0 Å². The van der Waals surface area contributed by atoms with Crippen LogP contribution in [0.15, 0.2) is 0 Å². The molecule has 0 aliphatic heterocycles. The Morgan fingerprint density at radius 1 is 0.700 bits per heavy atom. The molecule has 0 aromatic heterocycles. The largest absolute Gasteiger partial charge is 0.438 e. The first-order chi connectivity index (χ1) is 4.15. The van der Waals surface area contributed by atoms with Crippen LogP contribution in [-0.4, -0.2) is 12.4 Å². The van der Waals surface area contributed by atoms with Gasteiger partial charge < -0.3 is 4.39 Å². The van der Waals surface area contributed by atoms with Crippen LogP contribution in [0.2, 0.25) is 0 Å². The first kappa shape index (κ1) is 9.51. The van der Waals surface area contributed by atoms with Crippen molar-refractivity contribution in [2.24, 2.45) is 0 Å². The molecule has 0 aliphatic rings. The fourth-order valence-corrected chi connectivity index (χ4v) is 0.161. The van der Waals surface area contributed by atoms with Crippen LogP contribution in [0.4, 0.5) is 30.7 Å². The third-order valence-corrected chi connectivity index (χ3v) is 0.498. The van der Waals surface area contributed by atoms with Crippen LogP contribution in [0.25, 0.3) is 0 Å². The Bertz CT molecular complexity index is 93.0. The minimum absolute atomic E-state index is 3.93. The van der Waals surface area contributed by atoms with Crippen molar-refractivity contribution >= 4 is 0 Å². The Morgan fingerprint density at radius 3 is 0.900 bits per heavy atom. The van der Waals surface area contributed by atoms with Gasteiger partial charge in [-0.15, -0.1) is 0 Å². The van der Waals surface area contributed by atoms with E-state index in [-0.39, 0.29) is 0 Å². The molecule has 7 heteroatoms. The van der Waals surface area contributed by atoms with E-state index in [1.54, 1.807) is 0 Å². The minimum atomic E-state index is -5.93. The number of alkyl halides is 6. The lowest BCUT2D eigenvalue weighted by atomic mass is 10.4. The number of rotatable bonds is 0. The van der Waals surface area contributed by atoms with Crippen LogP contribution in [-0.2, 0) is 0 Å². The summed E-state index contributed by atoms with van der Waals surface area (Å²) in [5, 5.41) is 0. The molecule has 0 aliphatic carbocycles. The summed E-state index contributed by atoms with van der Waals surface area (Å²) in [6.07, 6.45) is -15.8. The Kier molecular flexibility index (Phi) is 2.17. The van der Waals surface area contributed by atoms with Crippen molar-refractivity contribution in [3.63, 3.8) is 0 Å². The lowest BCUT2D eigenvalue weighted by Crippen LogP contribution is -2.30. The zero-order chi connectivity index (χ0) is 8.58. The molecule has 0 unspecified atom stereocenters. The van der Waals surface area contributed by atoms with Gasteiger partial charge in [-0.1, -0.05) is 0 Å². The smallest absolute Gasteiger partial charge is 0.307 e. The highest BCUT2D eigenvalue weighted by Gasteiger charge is 2.43. The van der Waals surface area contributed by atoms with Gasteiger partial charge in [0.25, 0.3) is 0 Å². The highest BCUT2D eigenvalue weighted by molar-refractivity contribution is 4.93. The van der Waals surface area contributed by atoms with Crippen LogP contribution in [0, 0.1) is 6.17 Å². The fourth-order valence-electron chi connectivity index (χ4n) is 0.161. The van der Waals surface area contributed by atoms with Crippen LogP contribution >= 0.6 is 0 Å². The molecule has 0 aromatic rings. The lowest BCUT2D eigenvalue weighted by Gasteiger charge is -2.27. The van der Waals surface area contributed by atoms with E-state index in [2.05, 4.69) is 0 Å². The first-order valence-corrected chi connectivity index (χ1v) is 1.82. The highest BCUT2D eigenvalue weighted by atomic mass is 19.4. The van der Waals surface area contributed by atoms with E-state index in [4.69, 9.17) is 0 Å². The summed E-state index contributed by atoms with van der Waals surface area (Å²) < 4.78 is 76.0. The van der Waals surface area contributed by atoms with Crippen molar-refractivity contribution in [2.75, 3.05) is 0 Å². The predicted molar refractivity (Wildman–Crippen MR) is 16.5 cm³/mol. The molecule has 0 atom stereocenters. The zero-order valence-electron chi connectivity index (χ0n) is 4.15. The third kappa shape index (κ3) is 2.40. The Hall–Kier alpha value is -0.490. The number of hydrogen-bond donors (Lipinski definition) is 0. The molecule has 0 aromatic carbocycles. The molecule has 10 heavy (non-hydrogen) atoms. The molecule has 62 valence electrons. The normalized spacial score (nSPS) is 14.4. The van der Waals surface area contributed by atoms with Crippen molar-refractivity contribution < 1.29 is 30.7 Å². The van der Waals surface area contributed by atoms with Gasteiger partial charge in [-0.2, -0.15) is 0 Å². The van der Waals surface area contributed by atoms with Gasteiger partial charge in [0.2, 0.25) is 0 Å². The summed E-state index contributed by atoms with van der Waals surface area (Å²) in [5.74, 6) is 0.